The highest BCUT2D eigenvalue weighted by atomic mass is 15.6. The van der Waals surface area contributed by atoms with E-state index in [-0.39, 0.29) is 0 Å². The Morgan fingerprint density at radius 2 is 2.00 bits per heavy atom. The molecular formula is C9H17N5. The highest BCUT2D eigenvalue weighted by Crippen LogP contribution is 2.25. The summed E-state index contributed by atoms with van der Waals surface area (Å²) in [5.74, 6) is 1.66. The van der Waals surface area contributed by atoms with Crippen LogP contribution in [0.25, 0.3) is 0 Å². The molecule has 0 atom stereocenters. The second-order valence-corrected chi connectivity index (χ2v) is 4.23. The smallest absolute Gasteiger partial charge is 0.242 e. The van der Waals surface area contributed by atoms with Gasteiger partial charge < -0.3 is 5.32 Å². The molecule has 2 rings (SSSR count). The largest absolute Gasteiger partial charge is 0.350 e. The van der Waals surface area contributed by atoms with Crippen LogP contribution in [0.4, 0.5) is 5.95 Å². The van der Waals surface area contributed by atoms with Gasteiger partial charge in [0.15, 0.2) is 0 Å². The second-order valence-electron chi connectivity index (χ2n) is 4.23. The first-order valence-electron chi connectivity index (χ1n) is 5.24. The third-order valence-electron chi connectivity index (χ3n) is 2.97. The van der Waals surface area contributed by atoms with Crippen LogP contribution in [0.15, 0.2) is 0 Å². The van der Waals surface area contributed by atoms with E-state index in [0.717, 1.165) is 11.9 Å². The Morgan fingerprint density at radius 1 is 1.29 bits per heavy atom. The lowest BCUT2D eigenvalue weighted by molar-refractivity contribution is 0.359. The Bertz CT molecular complexity index is 287. The van der Waals surface area contributed by atoms with Crippen molar-refractivity contribution in [2.75, 3.05) is 5.32 Å². The highest BCUT2D eigenvalue weighted by molar-refractivity contribution is 5.23. The summed E-state index contributed by atoms with van der Waals surface area (Å²) in [6.45, 7) is 2.32. The van der Waals surface area contributed by atoms with Crippen LogP contribution in [0.3, 0.4) is 0 Å². The van der Waals surface area contributed by atoms with Gasteiger partial charge >= 0.3 is 0 Å². The summed E-state index contributed by atoms with van der Waals surface area (Å²) in [7, 11) is 1.85. The van der Waals surface area contributed by atoms with Gasteiger partial charge in [0.05, 0.1) is 0 Å². The molecule has 14 heavy (non-hydrogen) atoms. The minimum absolute atomic E-state index is 0.552. The third-order valence-corrected chi connectivity index (χ3v) is 2.97. The standard InChI is InChI=1S/C9H17N5/c1-7-3-5-8(6-4-7)10-9-11-12-13-14(9)2/h7-8H,3-6H2,1-2H3,(H,10,11,13). The summed E-state index contributed by atoms with van der Waals surface area (Å²) >= 11 is 0. The zero-order chi connectivity index (χ0) is 9.97. The van der Waals surface area contributed by atoms with E-state index >= 15 is 0 Å². The maximum absolute atomic E-state index is 3.92. The van der Waals surface area contributed by atoms with E-state index in [4.69, 9.17) is 0 Å². The lowest BCUT2D eigenvalue weighted by Crippen LogP contribution is -2.26. The molecule has 5 nitrogen and oxygen atoms in total. The summed E-state index contributed by atoms with van der Waals surface area (Å²) in [4.78, 5) is 0. The van der Waals surface area contributed by atoms with Crippen molar-refractivity contribution >= 4 is 5.95 Å². The fraction of sp³-hybridized carbons (Fsp3) is 0.889. The molecular weight excluding hydrogens is 178 g/mol. The molecule has 5 heteroatoms. The number of aryl methyl sites for hydroxylation is 1. The van der Waals surface area contributed by atoms with Crippen molar-refractivity contribution in [1.29, 1.82) is 0 Å². The lowest BCUT2D eigenvalue weighted by atomic mass is 9.87. The molecule has 0 aromatic carbocycles. The topological polar surface area (TPSA) is 55.6 Å². The fourth-order valence-corrected chi connectivity index (χ4v) is 1.94. The second kappa shape index (κ2) is 3.94. The SMILES string of the molecule is CC1CCC(Nc2nnnn2C)CC1. The van der Waals surface area contributed by atoms with Gasteiger partial charge in [-0.15, -0.1) is 0 Å². The predicted octanol–water partition coefficient (Wildman–Crippen LogP) is 1.20. The predicted molar refractivity (Wildman–Crippen MR) is 53.8 cm³/mol. The summed E-state index contributed by atoms with van der Waals surface area (Å²) < 4.78 is 1.68. The normalized spacial score (nSPS) is 27.6. The number of hydrogen-bond acceptors (Lipinski definition) is 4. The van der Waals surface area contributed by atoms with Crippen LogP contribution in [-0.2, 0) is 7.05 Å². The first-order chi connectivity index (χ1) is 6.75. The van der Waals surface area contributed by atoms with Crippen LogP contribution in [0, 0.1) is 5.92 Å². The van der Waals surface area contributed by atoms with E-state index in [1.54, 1.807) is 4.68 Å². The number of nitrogens with one attached hydrogen (secondary N) is 1. The molecule has 1 aromatic rings. The number of anilines is 1. The van der Waals surface area contributed by atoms with Gasteiger partial charge in [-0.2, -0.15) is 0 Å². The Hall–Kier alpha value is -1.13. The quantitative estimate of drug-likeness (QED) is 0.770. The first kappa shape index (κ1) is 9.43. The van der Waals surface area contributed by atoms with Gasteiger partial charge in [0.1, 0.15) is 0 Å². The van der Waals surface area contributed by atoms with E-state index in [9.17, 15) is 0 Å². The lowest BCUT2D eigenvalue weighted by Gasteiger charge is -2.26. The molecule has 1 heterocycles. The van der Waals surface area contributed by atoms with Crippen LogP contribution in [0.5, 0.6) is 0 Å². The Balaban J connectivity index is 1.89. The highest BCUT2D eigenvalue weighted by Gasteiger charge is 2.19. The maximum atomic E-state index is 3.92. The maximum Gasteiger partial charge on any atom is 0.242 e. The van der Waals surface area contributed by atoms with Gasteiger partial charge in [-0.3, -0.25) is 0 Å². The number of tetrazole rings is 1. The Kier molecular flexibility index (Phi) is 2.65. The fourth-order valence-electron chi connectivity index (χ4n) is 1.94. The van der Waals surface area contributed by atoms with Gasteiger partial charge in [-0.25, -0.2) is 4.68 Å². The van der Waals surface area contributed by atoms with Crippen molar-refractivity contribution in [3.8, 4) is 0 Å². The molecule has 1 fully saturated rings. The van der Waals surface area contributed by atoms with Gasteiger partial charge in [0, 0.05) is 13.1 Å². The Labute approximate surface area is 83.9 Å². The van der Waals surface area contributed by atoms with E-state index < -0.39 is 0 Å². The van der Waals surface area contributed by atoms with Gasteiger partial charge in [0.2, 0.25) is 5.95 Å². The van der Waals surface area contributed by atoms with Crippen molar-refractivity contribution in [2.45, 2.75) is 38.6 Å². The molecule has 78 valence electrons. The number of nitrogens with zero attached hydrogens (tertiary/aromatic N) is 4. The van der Waals surface area contributed by atoms with Crippen molar-refractivity contribution in [3.63, 3.8) is 0 Å². The van der Waals surface area contributed by atoms with Crippen molar-refractivity contribution in [1.82, 2.24) is 20.2 Å². The van der Waals surface area contributed by atoms with Crippen molar-refractivity contribution in [2.24, 2.45) is 13.0 Å². The monoisotopic (exact) mass is 195 g/mol. The van der Waals surface area contributed by atoms with E-state index in [0.29, 0.717) is 6.04 Å². The van der Waals surface area contributed by atoms with E-state index in [1.165, 1.54) is 25.7 Å². The zero-order valence-electron chi connectivity index (χ0n) is 8.77. The minimum atomic E-state index is 0.552. The van der Waals surface area contributed by atoms with Gasteiger partial charge in [-0.1, -0.05) is 12.0 Å². The van der Waals surface area contributed by atoms with Gasteiger partial charge in [-0.05, 0) is 42.0 Å². The van der Waals surface area contributed by atoms with Crippen LogP contribution < -0.4 is 5.32 Å². The molecule has 0 amide bonds. The number of hydrogen-bond donors (Lipinski definition) is 1. The number of aromatic nitrogens is 4. The summed E-state index contributed by atoms with van der Waals surface area (Å²) in [5.41, 5.74) is 0. The summed E-state index contributed by atoms with van der Waals surface area (Å²) in [6.07, 6.45) is 5.08. The third kappa shape index (κ3) is 2.02. The molecule has 1 aromatic heterocycles. The molecule has 0 radical (unpaired) electrons. The molecule has 1 N–H and O–H groups in total. The molecule has 1 aliphatic carbocycles. The van der Waals surface area contributed by atoms with E-state index in [1.807, 2.05) is 7.05 Å². The zero-order valence-corrected chi connectivity index (χ0v) is 8.77. The molecule has 1 aliphatic rings. The van der Waals surface area contributed by atoms with Crippen LogP contribution in [0.2, 0.25) is 0 Å². The van der Waals surface area contributed by atoms with Crippen LogP contribution in [-0.4, -0.2) is 26.2 Å². The molecule has 0 bridgehead atoms. The average Bonchev–Trinajstić information content (AvgIpc) is 2.56. The molecule has 0 spiro atoms. The van der Waals surface area contributed by atoms with Crippen LogP contribution in [0.1, 0.15) is 32.6 Å². The first-order valence-corrected chi connectivity index (χ1v) is 5.24. The van der Waals surface area contributed by atoms with Crippen LogP contribution >= 0.6 is 0 Å². The van der Waals surface area contributed by atoms with Gasteiger partial charge in [0.25, 0.3) is 0 Å². The Morgan fingerprint density at radius 3 is 2.57 bits per heavy atom. The minimum Gasteiger partial charge on any atom is -0.350 e. The average molecular weight is 195 g/mol. The van der Waals surface area contributed by atoms with E-state index in [2.05, 4.69) is 27.8 Å². The molecule has 0 unspecified atom stereocenters. The summed E-state index contributed by atoms with van der Waals surface area (Å²) in [6, 6.07) is 0.552. The molecule has 0 aliphatic heterocycles. The molecule has 0 saturated heterocycles. The number of rotatable bonds is 2. The summed E-state index contributed by atoms with van der Waals surface area (Å²) in [5, 5.41) is 14.7. The molecule has 1 saturated carbocycles. The van der Waals surface area contributed by atoms with Crippen molar-refractivity contribution in [3.05, 3.63) is 0 Å². The van der Waals surface area contributed by atoms with Crippen molar-refractivity contribution < 1.29 is 0 Å².